The molecule has 0 bridgehead atoms. The average molecular weight is 162 g/mol. The summed E-state index contributed by atoms with van der Waals surface area (Å²) in [5, 5.41) is 8.34. The molecule has 0 N–H and O–H groups in total. The van der Waals surface area contributed by atoms with Crippen LogP contribution < -0.4 is 0 Å². The summed E-state index contributed by atoms with van der Waals surface area (Å²) in [6.45, 7) is 2.07. The molecule has 0 aromatic heterocycles. The summed E-state index contributed by atoms with van der Waals surface area (Å²) >= 11 is 0. The average Bonchev–Trinajstić information content (AvgIpc) is 2.54. The first kappa shape index (κ1) is 8.02. The lowest BCUT2D eigenvalue weighted by Gasteiger charge is -2.20. The Morgan fingerprint density at radius 1 is 1.17 bits per heavy atom. The predicted octanol–water partition coefficient (Wildman–Crippen LogP) is 1.75. The first-order valence-corrected chi connectivity index (χ1v) is 4.96. The molecule has 3 heteroatoms. The lowest BCUT2D eigenvalue weighted by atomic mass is 9.62. The number of hydrogen-bond acceptors (Lipinski definition) is 2. The van der Waals surface area contributed by atoms with Gasteiger partial charge < -0.3 is 0 Å². The highest BCUT2D eigenvalue weighted by molar-refractivity contribution is 7.00. The van der Waals surface area contributed by atoms with Crippen LogP contribution in [0.25, 0.3) is 0 Å². The van der Waals surface area contributed by atoms with Crippen molar-refractivity contribution in [3.63, 3.8) is 0 Å². The van der Waals surface area contributed by atoms with Gasteiger partial charge in [-0.25, -0.2) is 0 Å². The molecule has 2 rings (SSSR count). The molecule has 1 heterocycles. The van der Waals surface area contributed by atoms with Gasteiger partial charge in [-0.3, -0.25) is 0 Å². The van der Waals surface area contributed by atoms with Crippen LogP contribution in [0.5, 0.6) is 0 Å². The molecule has 64 valence electrons. The molecule has 1 saturated carbocycles. The van der Waals surface area contributed by atoms with E-state index in [9.17, 15) is 0 Å². The fourth-order valence-electron chi connectivity index (χ4n) is 2.14. The zero-order valence-corrected chi connectivity index (χ0v) is 7.71. The second-order valence-corrected chi connectivity index (χ2v) is 3.94. The molecule has 2 aliphatic rings. The Morgan fingerprint density at radius 3 is 2.50 bits per heavy atom. The van der Waals surface area contributed by atoms with Gasteiger partial charge in [0.2, 0.25) is 7.28 Å². The summed E-state index contributed by atoms with van der Waals surface area (Å²) < 4.78 is 0. The minimum atomic E-state index is 0.764. The van der Waals surface area contributed by atoms with Crippen molar-refractivity contribution in [3.8, 4) is 0 Å². The van der Waals surface area contributed by atoms with Gasteiger partial charge >= 0.3 is 0 Å². The molecule has 0 radical (unpaired) electrons. The Morgan fingerprint density at radius 2 is 1.92 bits per heavy atom. The Hall–Kier alpha value is -0.595. The van der Waals surface area contributed by atoms with E-state index in [1.165, 1.54) is 43.3 Å². The molecule has 0 unspecified atom stereocenters. The molecule has 1 aliphatic carbocycles. The van der Waals surface area contributed by atoms with Crippen LogP contribution in [0.1, 0.15) is 39.0 Å². The molecule has 0 aromatic rings. The van der Waals surface area contributed by atoms with Crippen LogP contribution in [0, 0.1) is 5.92 Å². The summed E-state index contributed by atoms with van der Waals surface area (Å²) in [5.74, 6) is 0.764. The van der Waals surface area contributed by atoms with Crippen LogP contribution in [0.2, 0.25) is 0 Å². The molecule has 0 spiro atoms. The van der Waals surface area contributed by atoms with Crippen LogP contribution in [-0.2, 0) is 0 Å². The molecule has 1 fully saturated rings. The third kappa shape index (κ3) is 1.60. The van der Waals surface area contributed by atoms with Crippen LogP contribution in [0.4, 0.5) is 0 Å². The maximum absolute atomic E-state index is 4.24. The monoisotopic (exact) mass is 162 g/mol. The van der Waals surface area contributed by atoms with Crippen molar-refractivity contribution in [2.75, 3.05) is 0 Å². The molecule has 0 aromatic carbocycles. The van der Waals surface area contributed by atoms with E-state index < -0.39 is 0 Å². The minimum Gasteiger partial charge on any atom is -0.171 e. The van der Waals surface area contributed by atoms with Crippen molar-refractivity contribution in [1.82, 2.24) is 0 Å². The quantitative estimate of drug-likeness (QED) is 0.524. The summed E-state index contributed by atoms with van der Waals surface area (Å²) in [6.07, 6.45) is 6.90. The lowest BCUT2D eigenvalue weighted by molar-refractivity contribution is 0.442. The van der Waals surface area contributed by atoms with E-state index in [4.69, 9.17) is 0 Å². The second-order valence-electron chi connectivity index (χ2n) is 3.94. The van der Waals surface area contributed by atoms with Gasteiger partial charge in [-0.1, -0.05) is 19.3 Å². The third-order valence-electron chi connectivity index (χ3n) is 2.86. The van der Waals surface area contributed by atoms with Crippen LogP contribution >= 0.6 is 0 Å². The normalized spacial score (nSPS) is 24.8. The standard InChI is InChI=1S/C9H15BN2/c1-7-10-9(12-11-7)8-5-3-2-4-6-8/h8,10H,2-6H2,1H3. The number of rotatable bonds is 1. The van der Waals surface area contributed by atoms with Crippen molar-refractivity contribution in [2.45, 2.75) is 39.0 Å². The highest BCUT2D eigenvalue weighted by atomic mass is 15.2. The van der Waals surface area contributed by atoms with E-state index >= 15 is 0 Å². The van der Waals surface area contributed by atoms with Crippen molar-refractivity contribution >= 4 is 18.5 Å². The van der Waals surface area contributed by atoms with Gasteiger partial charge in [0.25, 0.3) is 0 Å². The molecule has 1 aliphatic heterocycles. The van der Waals surface area contributed by atoms with Gasteiger partial charge in [0.15, 0.2) is 0 Å². The maximum Gasteiger partial charge on any atom is 0.234 e. The zero-order chi connectivity index (χ0) is 8.39. The highest BCUT2D eigenvalue weighted by Crippen LogP contribution is 2.25. The van der Waals surface area contributed by atoms with Crippen molar-refractivity contribution in [2.24, 2.45) is 16.1 Å². The van der Waals surface area contributed by atoms with Crippen LogP contribution in [0.3, 0.4) is 0 Å². The number of hydrogen-bond donors (Lipinski definition) is 0. The van der Waals surface area contributed by atoms with Gasteiger partial charge in [-0.05, 0) is 25.7 Å². The van der Waals surface area contributed by atoms with E-state index in [-0.39, 0.29) is 0 Å². The van der Waals surface area contributed by atoms with Crippen LogP contribution in [-0.4, -0.2) is 18.5 Å². The SMILES string of the molecule is CC1=NN=C(C2CCCCC2)B1. The first-order valence-electron chi connectivity index (χ1n) is 4.96. The smallest absolute Gasteiger partial charge is 0.171 e. The maximum atomic E-state index is 4.24. The predicted molar refractivity (Wildman–Crippen MR) is 54.3 cm³/mol. The Balaban J connectivity index is 1.93. The summed E-state index contributed by atoms with van der Waals surface area (Å²) in [4.78, 5) is 0. The molecule has 0 saturated heterocycles. The van der Waals surface area contributed by atoms with E-state index in [1.807, 2.05) is 0 Å². The molecular formula is C9H15BN2. The Bertz CT molecular complexity index is 227. The van der Waals surface area contributed by atoms with E-state index in [0.29, 0.717) is 0 Å². The van der Waals surface area contributed by atoms with Gasteiger partial charge in [0.1, 0.15) is 0 Å². The van der Waals surface area contributed by atoms with Gasteiger partial charge in [-0.15, -0.1) is 0 Å². The van der Waals surface area contributed by atoms with Crippen LogP contribution in [0.15, 0.2) is 10.2 Å². The summed E-state index contributed by atoms with van der Waals surface area (Å²) in [7, 11) is 1.05. The zero-order valence-electron chi connectivity index (χ0n) is 7.71. The third-order valence-corrected chi connectivity index (χ3v) is 2.86. The minimum absolute atomic E-state index is 0.764. The van der Waals surface area contributed by atoms with Crippen molar-refractivity contribution in [3.05, 3.63) is 0 Å². The fraction of sp³-hybridized carbons (Fsp3) is 0.778. The van der Waals surface area contributed by atoms with E-state index in [1.54, 1.807) is 0 Å². The van der Waals surface area contributed by atoms with Crippen molar-refractivity contribution < 1.29 is 0 Å². The van der Waals surface area contributed by atoms with E-state index in [0.717, 1.165) is 13.2 Å². The summed E-state index contributed by atoms with van der Waals surface area (Å²) in [5.41, 5.74) is 2.54. The molecule has 0 atom stereocenters. The summed E-state index contributed by atoms with van der Waals surface area (Å²) in [6, 6.07) is 0. The second kappa shape index (κ2) is 3.42. The Labute approximate surface area is 74.4 Å². The van der Waals surface area contributed by atoms with E-state index in [2.05, 4.69) is 17.1 Å². The molecule has 12 heavy (non-hydrogen) atoms. The highest BCUT2D eigenvalue weighted by Gasteiger charge is 2.22. The van der Waals surface area contributed by atoms with Gasteiger partial charge in [-0.2, -0.15) is 10.2 Å². The molecule has 0 amide bonds. The van der Waals surface area contributed by atoms with Gasteiger partial charge in [0, 0.05) is 11.2 Å². The number of nitrogens with zero attached hydrogens (tertiary/aromatic N) is 2. The topological polar surface area (TPSA) is 24.7 Å². The fourth-order valence-corrected chi connectivity index (χ4v) is 2.14. The molecular weight excluding hydrogens is 147 g/mol. The molecule has 2 nitrogen and oxygen atoms in total. The van der Waals surface area contributed by atoms with Gasteiger partial charge in [0.05, 0.1) is 0 Å². The largest absolute Gasteiger partial charge is 0.234 e. The lowest BCUT2D eigenvalue weighted by Crippen LogP contribution is -2.24. The Kier molecular flexibility index (Phi) is 2.29. The van der Waals surface area contributed by atoms with Crippen molar-refractivity contribution in [1.29, 1.82) is 0 Å². The first-order chi connectivity index (χ1) is 5.86.